The molecule has 2 aliphatic rings. The third kappa shape index (κ3) is 4.06. The fourth-order valence-corrected chi connectivity index (χ4v) is 5.91. The Hall–Kier alpha value is -3.28. The molecule has 0 aromatic carbocycles. The van der Waals surface area contributed by atoms with Crippen molar-refractivity contribution in [3.63, 3.8) is 0 Å². The molecule has 5 rings (SSSR count). The number of amides is 2. The Morgan fingerprint density at radius 3 is 2.76 bits per heavy atom. The average molecular weight is 494 g/mol. The number of carbonyl (C=O) groups is 2. The number of carbonyl (C=O) groups excluding carboxylic acids is 2. The lowest BCUT2D eigenvalue weighted by molar-refractivity contribution is -0.174. The topological polar surface area (TPSA) is 115 Å². The maximum Gasteiger partial charge on any atom is 0.410 e. The zero-order chi connectivity index (χ0) is 24.0. The summed E-state index contributed by atoms with van der Waals surface area (Å²) >= 11 is 1.29. The molecule has 1 aliphatic heterocycles. The fourth-order valence-electron chi connectivity index (χ4n) is 4.62. The van der Waals surface area contributed by atoms with Crippen LogP contribution in [0.25, 0.3) is 0 Å². The van der Waals surface area contributed by atoms with Crippen molar-refractivity contribution in [2.75, 3.05) is 10.6 Å². The van der Waals surface area contributed by atoms with Gasteiger partial charge in [0.15, 0.2) is 11.7 Å². The highest BCUT2D eigenvalue weighted by Crippen LogP contribution is 2.44. The van der Waals surface area contributed by atoms with Gasteiger partial charge in [0.25, 0.3) is 11.8 Å². The van der Waals surface area contributed by atoms with E-state index in [2.05, 4.69) is 15.7 Å². The second-order valence-electron chi connectivity index (χ2n) is 8.45. The van der Waals surface area contributed by atoms with Crippen LogP contribution in [0.4, 0.5) is 24.0 Å². The average Bonchev–Trinajstić information content (AvgIpc) is 3.48. The molecule has 2 atom stereocenters. The van der Waals surface area contributed by atoms with Crippen LogP contribution in [0.5, 0.6) is 0 Å². The molecule has 12 heteroatoms. The molecule has 0 saturated carbocycles. The first-order valence-corrected chi connectivity index (χ1v) is 11.8. The molecule has 0 fully saturated rings. The number of rotatable bonds is 4. The highest BCUT2D eigenvalue weighted by molar-refractivity contribution is 7.17. The number of thiophene rings is 1. The van der Waals surface area contributed by atoms with E-state index in [-0.39, 0.29) is 23.5 Å². The van der Waals surface area contributed by atoms with Crippen molar-refractivity contribution < 1.29 is 27.2 Å². The summed E-state index contributed by atoms with van der Waals surface area (Å²) in [6.07, 6.45) is 0.921. The second kappa shape index (κ2) is 8.49. The van der Waals surface area contributed by atoms with Crippen LogP contribution in [0.15, 0.2) is 28.9 Å². The Morgan fingerprint density at radius 1 is 1.26 bits per heavy atom. The van der Waals surface area contributed by atoms with Crippen LogP contribution in [-0.4, -0.2) is 27.8 Å². The zero-order valence-electron chi connectivity index (χ0n) is 17.9. The van der Waals surface area contributed by atoms with Gasteiger partial charge in [-0.15, -0.1) is 11.3 Å². The maximum atomic E-state index is 13.8. The molecule has 0 radical (unpaired) electrons. The van der Waals surface area contributed by atoms with Gasteiger partial charge in [0.2, 0.25) is 0 Å². The van der Waals surface area contributed by atoms with Gasteiger partial charge in [-0.05, 0) is 43.4 Å². The SMILES string of the molecule is NC(=O)c1c(NC(=O)c2cc3n(n2)[C@H](C(F)(F)F)C[C@@H](c2ccco2)N3)sc2c1CCCCC2. The van der Waals surface area contributed by atoms with Crippen molar-refractivity contribution in [1.29, 1.82) is 0 Å². The van der Waals surface area contributed by atoms with Crippen LogP contribution < -0.4 is 16.4 Å². The van der Waals surface area contributed by atoms with Gasteiger partial charge in [-0.2, -0.15) is 18.3 Å². The lowest BCUT2D eigenvalue weighted by Gasteiger charge is -2.32. The molecule has 3 aromatic heterocycles. The largest absolute Gasteiger partial charge is 0.467 e. The van der Waals surface area contributed by atoms with E-state index in [9.17, 15) is 22.8 Å². The molecule has 4 heterocycles. The number of nitrogens with two attached hydrogens (primary N) is 1. The molecule has 4 N–H and O–H groups in total. The first-order chi connectivity index (χ1) is 16.2. The summed E-state index contributed by atoms with van der Waals surface area (Å²) in [4.78, 5) is 26.2. The third-order valence-electron chi connectivity index (χ3n) is 6.20. The first kappa shape index (κ1) is 22.5. The van der Waals surface area contributed by atoms with Gasteiger partial charge in [0.05, 0.1) is 17.9 Å². The van der Waals surface area contributed by atoms with Crippen molar-refractivity contribution >= 4 is 34.0 Å². The Kier molecular flexibility index (Phi) is 5.62. The van der Waals surface area contributed by atoms with E-state index in [1.807, 2.05) is 0 Å². The smallest absolute Gasteiger partial charge is 0.410 e. The zero-order valence-corrected chi connectivity index (χ0v) is 18.8. The van der Waals surface area contributed by atoms with Crippen molar-refractivity contribution in [3.8, 4) is 0 Å². The van der Waals surface area contributed by atoms with Crippen LogP contribution in [0, 0.1) is 0 Å². The predicted molar refractivity (Wildman–Crippen MR) is 119 cm³/mol. The number of furan rings is 1. The number of halogens is 3. The quantitative estimate of drug-likeness (QED) is 0.451. The molecule has 1 aliphatic carbocycles. The molecular weight excluding hydrogens is 471 g/mol. The molecular formula is C22H22F3N5O3S. The minimum absolute atomic E-state index is 0.0530. The number of fused-ring (bicyclic) bond motifs is 2. The maximum absolute atomic E-state index is 13.8. The summed E-state index contributed by atoms with van der Waals surface area (Å²) in [6.45, 7) is 0. The highest BCUT2D eigenvalue weighted by atomic mass is 32.1. The summed E-state index contributed by atoms with van der Waals surface area (Å²) in [5, 5.41) is 9.91. The van der Waals surface area contributed by atoms with E-state index < -0.39 is 30.1 Å². The second-order valence-corrected chi connectivity index (χ2v) is 9.56. The van der Waals surface area contributed by atoms with E-state index in [1.165, 1.54) is 23.7 Å². The van der Waals surface area contributed by atoms with Crippen molar-refractivity contribution in [2.24, 2.45) is 5.73 Å². The lowest BCUT2D eigenvalue weighted by Crippen LogP contribution is -2.35. The molecule has 34 heavy (non-hydrogen) atoms. The number of nitrogens with zero attached hydrogens (tertiary/aromatic N) is 2. The minimum Gasteiger partial charge on any atom is -0.467 e. The van der Waals surface area contributed by atoms with E-state index in [0.29, 0.717) is 17.2 Å². The summed E-state index contributed by atoms with van der Waals surface area (Å²) in [6, 6.07) is 1.81. The van der Waals surface area contributed by atoms with Gasteiger partial charge in [-0.25, -0.2) is 4.68 Å². The Bertz CT molecular complexity index is 1230. The van der Waals surface area contributed by atoms with E-state index in [1.54, 1.807) is 12.1 Å². The Labute approximate surface area is 196 Å². The lowest BCUT2D eigenvalue weighted by atomic mass is 10.0. The first-order valence-electron chi connectivity index (χ1n) is 10.9. The van der Waals surface area contributed by atoms with Gasteiger partial charge < -0.3 is 20.8 Å². The molecule has 0 unspecified atom stereocenters. The van der Waals surface area contributed by atoms with Crippen LogP contribution in [0.1, 0.15) is 74.8 Å². The summed E-state index contributed by atoms with van der Waals surface area (Å²) in [7, 11) is 0. The van der Waals surface area contributed by atoms with Gasteiger partial charge in [-0.3, -0.25) is 9.59 Å². The third-order valence-corrected chi connectivity index (χ3v) is 7.41. The molecule has 8 nitrogen and oxygen atoms in total. The number of alkyl halides is 3. The molecule has 180 valence electrons. The number of hydrogen-bond acceptors (Lipinski definition) is 6. The molecule has 0 spiro atoms. The standard InChI is InChI=1S/C22H22F3N5O3S/c23-22(24,25)16-9-12(14-6-4-8-33-14)27-17-10-13(29-30(16)17)20(32)28-21-18(19(26)31)11-5-2-1-3-7-15(11)34-21/h4,6,8,10,12,16,27H,1-3,5,7,9H2,(H2,26,31)(H,28,32)/t12-,16-/m0/s1. The number of nitrogens with one attached hydrogen (secondary N) is 2. The van der Waals surface area contributed by atoms with Gasteiger partial charge in [-0.1, -0.05) is 6.42 Å². The Balaban J connectivity index is 1.45. The van der Waals surface area contributed by atoms with Crippen molar-refractivity contribution in [2.45, 2.75) is 56.8 Å². The monoisotopic (exact) mass is 493 g/mol. The van der Waals surface area contributed by atoms with Gasteiger partial charge >= 0.3 is 6.18 Å². The molecule has 0 saturated heterocycles. The van der Waals surface area contributed by atoms with Gasteiger partial charge in [0.1, 0.15) is 16.6 Å². The van der Waals surface area contributed by atoms with E-state index in [0.717, 1.165) is 40.8 Å². The number of anilines is 2. The Morgan fingerprint density at radius 2 is 2.06 bits per heavy atom. The normalized spacial score (nSPS) is 20.1. The van der Waals surface area contributed by atoms with Crippen LogP contribution in [0.3, 0.4) is 0 Å². The summed E-state index contributed by atoms with van der Waals surface area (Å²) in [5.74, 6) is -0.937. The minimum atomic E-state index is -4.58. The number of hydrogen-bond donors (Lipinski definition) is 3. The van der Waals surface area contributed by atoms with Gasteiger partial charge in [0, 0.05) is 17.4 Å². The van der Waals surface area contributed by atoms with Crippen LogP contribution in [0.2, 0.25) is 0 Å². The van der Waals surface area contributed by atoms with Crippen LogP contribution >= 0.6 is 11.3 Å². The predicted octanol–water partition coefficient (Wildman–Crippen LogP) is 4.82. The van der Waals surface area contributed by atoms with E-state index in [4.69, 9.17) is 10.2 Å². The highest BCUT2D eigenvalue weighted by Gasteiger charge is 2.47. The number of aromatic nitrogens is 2. The fraction of sp³-hybridized carbons (Fsp3) is 0.409. The van der Waals surface area contributed by atoms with Crippen LogP contribution in [-0.2, 0) is 12.8 Å². The van der Waals surface area contributed by atoms with Crippen molar-refractivity contribution in [1.82, 2.24) is 9.78 Å². The molecule has 2 amide bonds. The molecule has 3 aromatic rings. The van der Waals surface area contributed by atoms with E-state index >= 15 is 0 Å². The number of aryl methyl sites for hydroxylation is 1. The number of primary amides is 1. The van der Waals surface area contributed by atoms with Crippen molar-refractivity contribution in [3.05, 3.63) is 51.9 Å². The molecule has 0 bridgehead atoms. The summed E-state index contributed by atoms with van der Waals surface area (Å²) < 4.78 is 47.6. The summed E-state index contributed by atoms with van der Waals surface area (Å²) in [5.41, 5.74) is 6.55.